The smallest absolute Gasteiger partial charge is 0.377 e. The fourth-order valence-corrected chi connectivity index (χ4v) is 3.91. The van der Waals surface area contributed by atoms with Gasteiger partial charge in [0.1, 0.15) is 0 Å². The van der Waals surface area contributed by atoms with Gasteiger partial charge >= 0.3 is 8.80 Å². The number of hydrogen-bond donors (Lipinski definition) is 0. The van der Waals surface area contributed by atoms with E-state index in [1.807, 2.05) is 0 Å². The molecule has 0 aromatic rings. The number of rotatable bonds is 6. The van der Waals surface area contributed by atoms with Crippen LogP contribution >= 0.6 is 0 Å². The maximum absolute atomic E-state index is 5.25. The van der Waals surface area contributed by atoms with E-state index in [9.17, 15) is 0 Å². The molecule has 0 atom stereocenters. The van der Waals surface area contributed by atoms with E-state index in [1.54, 1.807) is 21.3 Å². The van der Waals surface area contributed by atoms with Crippen molar-refractivity contribution in [2.24, 2.45) is 0 Å². The molecule has 0 heterocycles. The van der Waals surface area contributed by atoms with Crippen LogP contribution in [0.25, 0.3) is 0 Å². The topological polar surface area (TPSA) is 27.7 Å². The zero-order valence-electron chi connectivity index (χ0n) is 7.85. The Morgan fingerprint density at radius 1 is 1.09 bits per heavy atom. The lowest BCUT2D eigenvalue weighted by Crippen LogP contribution is -2.42. The normalized spacial score (nSPS) is 12.3. The molecule has 0 saturated carbocycles. The standard InChI is InChI=1S/C6H18O3Si2/c1-7-11(8-2,9-3)6-4-5-10/h4-6H2,1-3,10H3. The fraction of sp³-hybridized carbons (Fsp3) is 1.00. The summed E-state index contributed by atoms with van der Waals surface area (Å²) in [4.78, 5) is 0. The second kappa shape index (κ2) is 5.90. The highest BCUT2D eigenvalue weighted by Gasteiger charge is 2.36. The van der Waals surface area contributed by atoms with Crippen molar-refractivity contribution in [3.8, 4) is 0 Å². The zero-order valence-corrected chi connectivity index (χ0v) is 10.8. The molecule has 0 aliphatic heterocycles. The molecule has 0 bridgehead atoms. The van der Waals surface area contributed by atoms with Crippen molar-refractivity contribution >= 4 is 19.0 Å². The first kappa shape index (κ1) is 11.3. The largest absolute Gasteiger partial charge is 0.500 e. The minimum Gasteiger partial charge on any atom is -0.377 e. The second-order valence-electron chi connectivity index (χ2n) is 2.40. The zero-order chi connectivity index (χ0) is 8.74. The van der Waals surface area contributed by atoms with Crippen molar-refractivity contribution in [1.29, 1.82) is 0 Å². The summed E-state index contributed by atoms with van der Waals surface area (Å²) in [5.41, 5.74) is 0. The third kappa shape index (κ3) is 3.48. The highest BCUT2D eigenvalue weighted by atomic mass is 28.4. The number of hydrogen-bond acceptors (Lipinski definition) is 3. The minimum absolute atomic E-state index is 0.944. The first-order valence-corrected chi connectivity index (χ1v) is 7.24. The molecule has 3 nitrogen and oxygen atoms in total. The van der Waals surface area contributed by atoms with Crippen LogP contribution in [0.15, 0.2) is 0 Å². The van der Waals surface area contributed by atoms with Crippen LogP contribution in [-0.2, 0) is 13.3 Å². The second-order valence-corrected chi connectivity index (χ2v) is 6.49. The predicted octanol–water partition coefficient (Wildman–Crippen LogP) is 0.0383. The van der Waals surface area contributed by atoms with Gasteiger partial charge in [-0.1, -0.05) is 12.5 Å². The maximum Gasteiger partial charge on any atom is 0.500 e. The summed E-state index contributed by atoms with van der Waals surface area (Å²) in [6.07, 6.45) is 1.16. The molecule has 11 heavy (non-hydrogen) atoms. The molecule has 0 spiro atoms. The van der Waals surface area contributed by atoms with Gasteiger partial charge in [-0.05, 0) is 0 Å². The summed E-state index contributed by atoms with van der Waals surface area (Å²) in [5, 5.41) is 0. The highest BCUT2D eigenvalue weighted by Crippen LogP contribution is 2.15. The van der Waals surface area contributed by atoms with E-state index in [0.29, 0.717) is 0 Å². The maximum atomic E-state index is 5.25. The van der Waals surface area contributed by atoms with Crippen LogP contribution in [0.3, 0.4) is 0 Å². The minimum atomic E-state index is -2.22. The van der Waals surface area contributed by atoms with Crippen molar-refractivity contribution in [3.63, 3.8) is 0 Å². The van der Waals surface area contributed by atoms with Gasteiger partial charge < -0.3 is 13.3 Å². The first-order chi connectivity index (χ1) is 5.24. The lowest BCUT2D eigenvalue weighted by atomic mass is 10.6. The van der Waals surface area contributed by atoms with Crippen LogP contribution in [0.2, 0.25) is 12.1 Å². The Hall–Kier alpha value is 0.314. The summed E-state index contributed by atoms with van der Waals surface area (Å²) in [5.74, 6) is 0. The molecule has 5 heteroatoms. The van der Waals surface area contributed by atoms with Gasteiger partial charge in [0.25, 0.3) is 0 Å². The quantitative estimate of drug-likeness (QED) is 0.559. The van der Waals surface area contributed by atoms with Crippen LogP contribution < -0.4 is 0 Å². The van der Waals surface area contributed by atoms with E-state index in [2.05, 4.69) is 0 Å². The first-order valence-electron chi connectivity index (χ1n) is 3.90. The van der Waals surface area contributed by atoms with Gasteiger partial charge in [-0.3, -0.25) is 0 Å². The Bertz CT molecular complexity index is 87.6. The van der Waals surface area contributed by atoms with E-state index in [-0.39, 0.29) is 0 Å². The fourth-order valence-electron chi connectivity index (χ4n) is 0.949. The lowest BCUT2D eigenvalue weighted by Gasteiger charge is -2.23. The molecule has 0 N–H and O–H groups in total. The van der Waals surface area contributed by atoms with Gasteiger partial charge in [-0.25, -0.2) is 0 Å². The molecule has 0 aromatic heterocycles. The molecule has 0 aliphatic rings. The Morgan fingerprint density at radius 2 is 1.55 bits per heavy atom. The predicted molar refractivity (Wildman–Crippen MR) is 51.0 cm³/mol. The average molecular weight is 194 g/mol. The molecule has 0 aliphatic carbocycles. The van der Waals surface area contributed by atoms with E-state index < -0.39 is 8.80 Å². The van der Waals surface area contributed by atoms with Crippen LogP contribution in [0.1, 0.15) is 6.42 Å². The summed E-state index contributed by atoms with van der Waals surface area (Å²) in [6, 6.07) is 2.23. The van der Waals surface area contributed by atoms with Crippen molar-refractivity contribution in [3.05, 3.63) is 0 Å². The highest BCUT2D eigenvalue weighted by molar-refractivity contribution is 6.60. The van der Waals surface area contributed by atoms with E-state index in [4.69, 9.17) is 13.3 Å². The molecule has 0 aromatic carbocycles. The van der Waals surface area contributed by atoms with Crippen LogP contribution in [0.5, 0.6) is 0 Å². The van der Waals surface area contributed by atoms with Gasteiger partial charge in [0.15, 0.2) is 0 Å². The van der Waals surface area contributed by atoms with Gasteiger partial charge in [-0.2, -0.15) is 0 Å². The van der Waals surface area contributed by atoms with E-state index in [1.165, 1.54) is 16.3 Å². The third-order valence-electron chi connectivity index (χ3n) is 1.77. The van der Waals surface area contributed by atoms with Crippen molar-refractivity contribution in [2.45, 2.75) is 18.5 Å². The SMILES string of the molecule is CO[Si](CCC[SiH3])(OC)OC. The molecule has 0 rings (SSSR count). The van der Waals surface area contributed by atoms with Crippen LogP contribution in [-0.4, -0.2) is 40.4 Å². The van der Waals surface area contributed by atoms with Gasteiger partial charge in [-0.15, -0.1) is 0 Å². The molecule has 0 radical (unpaired) electrons. The summed E-state index contributed by atoms with van der Waals surface area (Å²) >= 11 is 0. The Balaban J connectivity index is 3.84. The van der Waals surface area contributed by atoms with Crippen molar-refractivity contribution < 1.29 is 13.3 Å². The third-order valence-corrected chi connectivity index (χ3v) is 5.31. The Labute approximate surface area is 72.8 Å². The summed E-state index contributed by atoms with van der Waals surface area (Å²) in [6.45, 7) is 0. The lowest BCUT2D eigenvalue weighted by molar-refractivity contribution is 0.123. The van der Waals surface area contributed by atoms with Crippen molar-refractivity contribution in [2.75, 3.05) is 21.3 Å². The summed E-state index contributed by atoms with van der Waals surface area (Å²) in [7, 11) is 4.01. The molecular formula is C6H18O3Si2. The molecule has 0 unspecified atom stereocenters. The van der Waals surface area contributed by atoms with Crippen LogP contribution in [0.4, 0.5) is 0 Å². The van der Waals surface area contributed by atoms with Crippen LogP contribution in [0, 0.1) is 0 Å². The van der Waals surface area contributed by atoms with E-state index in [0.717, 1.165) is 12.5 Å². The average Bonchev–Trinajstić information content (AvgIpc) is 2.08. The molecule has 0 saturated heterocycles. The molecule has 0 fully saturated rings. The molecule has 68 valence electrons. The Kier molecular flexibility index (Phi) is 6.07. The van der Waals surface area contributed by atoms with E-state index >= 15 is 0 Å². The monoisotopic (exact) mass is 194 g/mol. The molecular weight excluding hydrogens is 176 g/mol. The van der Waals surface area contributed by atoms with Gasteiger partial charge in [0.05, 0.1) is 0 Å². The van der Waals surface area contributed by atoms with Crippen molar-refractivity contribution in [1.82, 2.24) is 0 Å². The van der Waals surface area contributed by atoms with Gasteiger partial charge in [0.2, 0.25) is 0 Å². The van der Waals surface area contributed by atoms with Gasteiger partial charge in [0, 0.05) is 37.6 Å². The molecule has 0 amide bonds. The summed E-state index contributed by atoms with van der Waals surface area (Å²) < 4.78 is 15.7. The Morgan fingerprint density at radius 3 is 1.82 bits per heavy atom.